The SMILES string of the molecule is CCCCC(N)C(C)C(C(C)N)C1CCC(NCCN)CC1. The van der Waals surface area contributed by atoms with Crippen LogP contribution in [0.2, 0.25) is 0 Å². The summed E-state index contributed by atoms with van der Waals surface area (Å²) >= 11 is 0. The topological polar surface area (TPSA) is 90.1 Å². The largest absolute Gasteiger partial charge is 0.329 e. The van der Waals surface area contributed by atoms with Crippen LogP contribution >= 0.6 is 0 Å². The molecular weight excluding hydrogens is 272 g/mol. The monoisotopic (exact) mass is 312 g/mol. The van der Waals surface area contributed by atoms with Crippen LogP contribution in [-0.2, 0) is 0 Å². The summed E-state index contributed by atoms with van der Waals surface area (Å²) in [5, 5.41) is 3.56. The summed E-state index contributed by atoms with van der Waals surface area (Å²) in [6.07, 6.45) is 8.65. The summed E-state index contributed by atoms with van der Waals surface area (Å²) in [6, 6.07) is 1.18. The fourth-order valence-corrected chi connectivity index (χ4v) is 4.32. The second-order valence-corrected chi connectivity index (χ2v) is 7.46. The molecule has 4 atom stereocenters. The van der Waals surface area contributed by atoms with E-state index in [2.05, 4.69) is 26.1 Å². The Morgan fingerprint density at radius 2 is 1.73 bits per heavy atom. The number of nitrogens with one attached hydrogen (secondary N) is 1. The van der Waals surface area contributed by atoms with Crippen LogP contribution in [-0.4, -0.2) is 31.2 Å². The molecule has 0 spiro atoms. The Bertz CT molecular complexity index is 274. The van der Waals surface area contributed by atoms with Gasteiger partial charge in [-0.15, -0.1) is 0 Å². The average molecular weight is 313 g/mol. The van der Waals surface area contributed by atoms with Gasteiger partial charge in [-0.2, -0.15) is 0 Å². The Labute approximate surface area is 138 Å². The molecule has 0 aliphatic heterocycles. The molecule has 4 heteroatoms. The van der Waals surface area contributed by atoms with Crippen LogP contribution in [0.5, 0.6) is 0 Å². The van der Waals surface area contributed by atoms with E-state index in [4.69, 9.17) is 17.2 Å². The molecule has 0 radical (unpaired) electrons. The summed E-state index contributed by atoms with van der Waals surface area (Å²) in [4.78, 5) is 0. The maximum atomic E-state index is 6.46. The molecule has 1 fully saturated rings. The van der Waals surface area contributed by atoms with E-state index in [0.29, 0.717) is 23.9 Å². The second-order valence-electron chi connectivity index (χ2n) is 7.46. The fraction of sp³-hybridized carbons (Fsp3) is 1.00. The molecule has 22 heavy (non-hydrogen) atoms. The third-order valence-corrected chi connectivity index (χ3v) is 5.67. The van der Waals surface area contributed by atoms with Crippen molar-refractivity contribution in [3.63, 3.8) is 0 Å². The van der Waals surface area contributed by atoms with Crippen LogP contribution in [0.4, 0.5) is 0 Å². The minimum Gasteiger partial charge on any atom is -0.329 e. The van der Waals surface area contributed by atoms with E-state index in [1.54, 1.807) is 0 Å². The molecular formula is C18H40N4. The summed E-state index contributed by atoms with van der Waals surface area (Å²) in [7, 11) is 0. The lowest BCUT2D eigenvalue weighted by atomic mass is 9.68. The number of hydrogen-bond acceptors (Lipinski definition) is 4. The number of rotatable bonds is 10. The van der Waals surface area contributed by atoms with Crippen LogP contribution in [0.1, 0.15) is 65.7 Å². The van der Waals surface area contributed by atoms with E-state index in [9.17, 15) is 0 Å². The molecule has 0 saturated heterocycles. The summed E-state index contributed by atoms with van der Waals surface area (Å²) < 4.78 is 0. The van der Waals surface area contributed by atoms with Crippen LogP contribution in [0.3, 0.4) is 0 Å². The Kier molecular flexibility index (Phi) is 9.57. The highest BCUT2D eigenvalue weighted by molar-refractivity contribution is 4.89. The van der Waals surface area contributed by atoms with Crippen molar-refractivity contribution in [3.05, 3.63) is 0 Å². The highest BCUT2D eigenvalue weighted by Gasteiger charge is 2.35. The van der Waals surface area contributed by atoms with Crippen LogP contribution in [0, 0.1) is 17.8 Å². The van der Waals surface area contributed by atoms with Crippen LogP contribution in [0.25, 0.3) is 0 Å². The quantitative estimate of drug-likeness (QED) is 0.498. The Balaban J connectivity index is 2.53. The third-order valence-electron chi connectivity index (χ3n) is 5.67. The molecule has 0 aromatic rings. The lowest BCUT2D eigenvalue weighted by molar-refractivity contribution is 0.130. The first-order valence-corrected chi connectivity index (χ1v) is 9.45. The van der Waals surface area contributed by atoms with Gasteiger partial charge in [0.25, 0.3) is 0 Å². The van der Waals surface area contributed by atoms with Crippen molar-refractivity contribution in [2.45, 2.75) is 83.8 Å². The van der Waals surface area contributed by atoms with Crippen molar-refractivity contribution in [1.29, 1.82) is 0 Å². The molecule has 1 aliphatic rings. The van der Waals surface area contributed by atoms with Gasteiger partial charge in [0.2, 0.25) is 0 Å². The van der Waals surface area contributed by atoms with E-state index >= 15 is 0 Å². The van der Waals surface area contributed by atoms with Crippen molar-refractivity contribution in [2.75, 3.05) is 13.1 Å². The molecule has 7 N–H and O–H groups in total. The standard InChI is InChI=1S/C18H40N4/c1-4-5-6-17(21)13(2)18(14(3)20)15-7-9-16(10-8-15)22-12-11-19/h13-18,22H,4-12,19-21H2,1-3H3. The molecule has 0 aromatic heterocycles. The second kappa shape index (κ2) is 10.6. The van der Waals surface area contributed by atoms with Crippen molar-refractivity contribution < 1.29 is 0 Å². The lowest BCUT2D eigenvalue weighted by Crippen LogP contribution is -2.46. The predicted molar refractivity (Wildman–Crippen MR) is 96.6 cm³/mol. The van der Waals surface area contributed by atoms with Crippen molar-refractivity contribution in [1.82, 2.24) is 5.32 Å². The molecule has 0 amide bonds. The Morgan fingerprint density at radius 1 is 1.09 bits per heavy atom. The first-order chi connectivity index (χ1) is 10.5. The third kappa shape index (κ3) is 6.15. The van der Waals surface area contributed by atoms with Gasteiger partial charge in [0.1, 0.15) is 0 Å². The van der Waals surface area contributed by atoms with E-state index in [1.165, 1.54) is 38.5 Å². The van der Waals surface area contributed by atoms with Crippen molar-refractivity contribution in [2.24, 2.45) is 35.0 Å². The molecule has 1 rings (SSSR count). The summed E-state index contributed by atoms with van der Waals surface area (Å²) in [6.45, 7) is 8.39. The van der Waals surface area contributed by atoms with E-state index < -0.39 is 0 Å². The highest BCUT2D eigenvalue weighted by atomic mass is 14.9. The molecule has 4 nitrogen and oxygen atoms in total. The van der Waals surface area contributed by atoms with Crippen LogP contribution < -0.4 is 22.5 Å². The van der Waals surface area contributed by atoms with Gasteiger partial charge in [-0.1, -0.05) is 26.7 Å². The van der Waals surface area contributed by atoms with Gasteiger partial charge in [-0.3, -0.25) is 0 Å². The molecule has 0 bridgehead atoms. The van der Waals surface area contributed by atoms with Gasteiger partial charge in [-0.25, -0.2) is 0 Å². The minimum absolute atomic E-state index is 0.237. The van der Waals surface area contributed by atoms with E-state index in [-0.39, 0.29) is 6.04 Å². The maximum Gasteiger partial charge on any atom is 0.00770 e. The zero-order chi connectivity index (χ0) is 16.5. The normalized spacial score (nSPS) is 28.1. The minimum atomic E-state index is 0.237. The maximum absolute atomic E-state index is 6.46. The van der Waals surface area contributed by atoms with Gasteiger partial charge >= 0.3 is 0 Å². The van der Waals surface area contributed by atoms with Gasteiger partial charge in [0.15, 0.2) is 0 Å². The van der Waals surface area contributed by atoms with Gasteiger partial charge in [-0.05, 0) is 56.8 Å². The van der Waals surface area contributed by atoms with Crippen LogP contribution in [0.15, 0.2) is 0 Å². The van der Waals surface area contributed by atoms with Gasteiger partial charge in [0, 0.05) is 31.2 Å². The molecule has 0 aromatic carbocycles. The fourth-order valence-electron chi connectivity index (χ4n) is 4.32. The predicted octanol–water partition coefficient (Wildman–Crippen LogP) is 2.21. The number of nitrogens with two attached hydrogens (primary N) is 3. The Hall–Kier alpha value is -0.160. The molecule has 132 valence electrons. The molecule has 1 aliphatic carbocycles. The first-order valence-electron chi connectivity index (χ1n) is 9.45. The molecule has 0 heterocycles. The zero-order valence-electron chi connectivity index (χ0n) is 15.1. The molecule has 1 saturated carbocycles. The van der Waals surface area contributed by atoms with Crippen molar-refractivity contribution >= 4 is 0 Å². The number of unbranched alkanes of at least 4 members (excludes halogenated alkanes) is 1. The first kappa shape index (κ1) is 19.9. The van der Waals surface area contributed by atoms with E-state index in [0.717, 1.165) is 25.4 Å². The highest BCUT2D eigenvalue weighted by Crippen LogP contribution is 2.37. The van der Waals surface area contributed by atoms with Gasteiger partial charge in [0.05, 0.1) is 0 Å². The van der Waals surface area contributed by atoms with Crippen molar-refractivity contribution in [3.8, 4) is 0 Å². The molecule has 4 unspecified atom stereocenters. The smallest absolute Gasteiger partial charge is 0.00770 e. The average Bonchev–Trinajstić information content (AvgIpc) is 2.51. The summed E-state index contributed by atoms with van der Waals surface area (Å²) in [5.74, 6) is 1.81. The van der Waals surface area contributed by atoms with Gasteiger partial charge < -0.3 is 22.5 Å². The summed E-state index contributed by atoms with van der Waals surface area (Å²) in [5.41, 5.74) is 18.4. The van der Waals surface area contributed by atoms with E-state index in [1.807, 2.05) is 0 Å². The zero-order valence-corrected chi connectivity index (χ0v) is 15.1. The Morgan fingerprint density at radius 3 is 2.23 bits per heavy atom. The number of hydrogen-bond donors (Lipinski definition) is 4. The lowest BCUT2D eigenvalue weighted by Gasteiger charge is -2.41.